The maximum Gasteiger partial charge on any atom is 0.119 e. The molecule has 1 saturated heterocycles. The van der Waals surface area contributed by atoms with Crippen molar-refractivity contribution in [1.82, 2.24) is 0 Å². The van der Waals surface area contributed by atoms with Crippen molar-refractivity contribution >= 4 is 0 Å². The van der Waals surface area contributed by atoms with E-state index < -0.39 is 6.10 Å². The molecular weight excluding hydrogens is 388 g/mol. The van der Waals surface area contributed by atoms with Crippen molar-refractivity contribution in [3.8, 4) is 5.75 Å². The smallest absolute Gasteiger partial charge is 0.119 e. The lowest BCUT2D eigenvalue weighted by atomic mass is 9.85. The average Bonchev–Trinajstić information content (AvgIpc) is 3.24. The van der Waals surface area contributed by atoms with Gasteiger partial charge in [0.25, 0.3) is 0 Å². The number of ether oxygens (including phenoxy) is 2. The first-order chi connectivity index (χ1) is 15.0. The van der Waals surface area contributed by atoms with Gasteiger partial charge in [-0.25, -0.2) is 0 Å². The molecule has 2 aliphatic rings. The Morgan fingerprint density at radius 3 is 2.52 bits per heavy atom. The van der Waals surface area contributed by atoms with Crippen molar-refractivity contribution in [1.29, 1.82) is 0 Å². The molecule has 3 atom stereocenters. The number of benzene rings is 2. The van der Waals surface area contributed by atoms with Crippen LogP contribution in [-0.2, 0) is 30.4 Å². The summed E-state index contributed by atoms with van der Waals surface area (Å²) in [5.41, 5.74) is 8.28. The third-order valence-electron chi connectivity index (χ3n) is 6.62. The summed E-state index contributed by atoms with van der Waals surface area (Å²) in [6, 6.07) is 10.8. The van der Waals surface area contributed by atoms with Crippen molar-refractivity contribution in [2.24, 2.45) is 0 Å². The molecule has 0 saturated carbocycles. The van der Waals surface area contributed by atoms with Crippen molar-refractivity contribution < 1.29 is 19.7 Å². The number of rotatable bonds is 7. The molecule has 1 fully saturated rings. The highest BCUT2D eigenvalue weighted by Gasteiger charge is 2.32. The highest BCUT2D eigenvalue weighted by Crippen LogP contribution is 2.40. The van der Waals surface area contributed by atoms with E-state index in [4.69, 9.17) is 9.47 Å². The Morgan fingerprint density at radius 2 is 1.84 bits per heavy atom. The Kier molecular flexibility index (Phi) is 7.00. The molecule has 2 N–H and O–H groups in total. The fourth-order valence-corrected chi connectivity index (χ4v) is 5.32. The lowest BCUT2D eigenvalue weighted by Crippen LogP contribution is -2.34. The Balaban J connectivity index is 1.67. The molecule has 168 valence electrons. The third-order valence-corrected chi connectivity index (χ3v) is 6.62. The second-order valence-electron chi connectivity index (χ2n) is 9.31. The normalized spacial score (nSPS) is 23.2. The van der Waals surface area contributed by atoms with Crippen LogP contribution in [0.25, 0.3) is 0 Å². The second-order valence-corrected chi connectivity index (χ2v) is 9.31. The molecule has 2 aromatic rings. The molecule has 0 spiro atoms. The van der Waals surface area contributed by atoms with Gasteiger partial charge >= 0.3 is 0 Å². The Hall–Kier alpha value is -1.88. The number of aliphatic hydroxyl groups is 2. The minimum Gasteiger partial charge on any atom is -0.491 e. The maximum absolute atomic E-state index is 10.4. The minimum absolute atomic E-state index is 0.0440. The zero-order chi connectivity index (χ0) is 22.0. The summed E-state index contributed by atoms with van der Waals surface area (Å²) in [7, 11) is 0. The van der Waals surface area contributed by atoms with Gasteiger partial charge in [-0.15, -0.1) is 0 Å². The summed E-state index contributed by atoms with van der Waals surface area (Å²) < 4.78 is 12.0. The van der Waals surface area contributed by atoms with E-state index in [0.29, 0.717) is 12.8 Å². The van der Waals surface area contributed by atoms with Crippen LogP contribution in [0.2, 0.25) is 0 Å². The maximum atomic E-state index is 10.4. The van der Waals surface area contributed by atoms with Gasteiger partial charge in [-0.1, -0.05) is 25.1 Å². The largest absolute Gasteiger partial charge is 0.491 e. The molecule has 0 radical (unpaired) electrons. The molecule has 4 nitrogen and oxygen atoms in total. The fourth-order valence-electron chi connectivity index (χ4n) is 5.32. The first kappa shape index (κ1) is 22.3. The zero-order valence-corrected chi connectivity index (χ0v) is 19.1. The number of hydrogen-bond acceptors (Lipinski definition) is 4. The summed E-state index contributed by atoms with van der Waals surface area (Å²) in [5.74, 6) is 0.908. The molecule has 0 aromatic heterocycles. The molecule has 1 aliphatic heterocycles. The lowest BCUT2D eigenvalue weighted by Gasteiger charge is -2.34. The van der Waals surface area contributed by atoms with E-state index in [2.05, 4.69) is 37.3 Å². The molecule has 3 unspecified atom stereocenters. The van der Waals surface area contributed by atoms with E-state index >= 15 is 0 Å². The predicted octanol–water partition coefficient (Wildman–Crippen LogP) is 4.69. The predicted molar refractivity (Wildman–Crippen MR) is 123 cm³/mol. The summed E-state index contributed by atoms with van der Waals surface area (Å²) in [4.78, 5) is 0. The van der Waals surface area contributed by atoms with Crippen LogP contribution < -0.4 is 4.74 Å². The van der Waals surface area contributed by atoms with E-state index in [1.165, 1.54) is 39.8 Å². The molecule has 1 heterocycles. The van der Waals surface area contributed by atoms with E-state index in [1.807, 2.05) is 13.8 Å². The van der Waals surface area contributed by atoms with Gasteiger partial charge in [-0.05, 0) is 91.5 Å². The van der Waals surface area contributed by atoms with Crippen molar-refractivity contribution in [2.45, 2.75) is 90.1 Å². The van der Waals surface area contributed by atoms with Crippen LogP contribution in [-0.4, -0.2) is 35.1 Å². The van der Waals surface area contributed by atoms with Crippen LogP contribution in [0.5, 0.6) is 5.75 Å². The molecule has 2 aromatic carbocycles. The molecule has 4 rings (SSSR count). The van der Waals surface area contributed by atoms with Crippen molar-refractivity contribution in [3.63, 3.8) is 0 Å². The standard InChI is InChI=1S/C27H36O4/c1-4-23-25-7-5-6-24(25)19(12-18-8-10-21(11-9-18)30-17(2)3)13-26(23)27-15-20(29)14-22(16-28)31-27/h8-11,13,17,20,22,27-29H,4-7,12,14-16H2,1-3H3. The van der Waals surface area contributed by atoms with Crippen LogP contribution >= 0.6 is 0 Å². The zero-order valence-electron chi connectivity index (χ0n) is 19.1. The highest BCUT2D eigenvalue weighted by atomic mass is 16.5. The SMILES string of the molecule is CCc1c(C2CC(O)CC(CO)O2)cc(Cc2ccc(OC(C)C)cc2)c2c1CCC2. The van der Waals surface area contributed by atoms with E-state index in [0.717, 1.165) is 31.4 Å². The molecule has 1 aliphatic carbocycles. The first-order valence-corrected chi connectivity index (χ1v) is 11.8. The van der Waals surface area contributed by atoms with Gasteiger partial charge in [-0.3, -0.25) is 0 Å². The number of hydrogen-bond donors (Lipinski definition) is 2. The van der Waals surface area contributed by atoms with E-state index in [9.17, 15) is 10.2 Å². The van der Waals surface area contributed by atoms with Gasteiger partial charge < -0.3 is 19.7 Å². The van der Waals surface area contributed by atoms with Gasteiger partial charge in [0.15, 0.2) is 0 Å². The summed E-state index contributed by atoms with van der Waals surface area (Å²) >= 11 is 0. The lowest BCUT2D eigenvalue weighted by molar-refractivity contribution is -0.114. The van der Waals surface area contributed by atoms with Gasteiger partial charge in [0.1, 0.15) is 5.75 Å². The second kappa shape index (κ2) is 9.72. The van der Waals surface area contributed by atoms with Gasteiger partial charge in [0.2, 0.25) is 0 Å². The Labute approximate surface area is 186 Å². The van der Waals surface area contributed by atoms with E-state index in [-0.39, 0.29) is 24.9 Å². The van der Waals surface area contributed by atoms with Crippen molar-refractivity contribution in [2.75, 3.05) is 6.61 Å². The van der Waals surface area contributed by atoms with Crippen LogP contribution in [0.1, 0.15) is 79.5 Å². The summed E-state index contributed by atoms with van der Waals surface area (Å²) in [5, 5.41) is 20.0. The van der Waals surface area contributed by atoms with Crippen molar-refractivity contribution in [3.05, 3.63) is 63.7 Å². The highest BCUT2D eigenvalue weighted by molar-refractivity contribution is 5.51. The monoisotopic (exact) mass is 424 g/mol. The van der Waals surface area contributed by atoms with Gasteiger partial charge in [0.05, 0.1) is 31.0 Å². The van der Waals surface area contributed by atoms with E-state index in [1.54, 1.807) is 0 Å². The van der Waals surface area contributed by atoms with Gasteiger partial charge in [0, 0.05) is 12.8 Å². The van der Waals surface area contributed by atoms with Gasteiger partial charge in [-0.2, -0.15) is 0 Å². The molecular formula is C27H36O4. The average molecular weight is 425 g/mol. The Morgan fingerprint density at radius 1 is 1.10 bits per heavy atom. The summed E-state index contributed by atoms with van der Waals surface area (Å²) in [6.07, 6.45) is 5.74. The third kappa shape index (κ3) is 4.97. The molecule has 31 heavy (non-hydrogen) atoms. The quantitative estimate of drug-likeness (QED) is 0.677. The molecule has 0 amide bonds. The van der Waals surface area contributed by atoms with Crippen LogP contribution in [0, 0.1) is 0 Å². The number of fused-ring (bicyclic) bond motifs is 1. The fraction of sp³-hybridized carbons (Fsp3) is 0.556. The minimum atomic E-state index is -0.425. The summed E-state index contributed by atoms with van der Waals surface area (Å²) in [6.45, 7) is 6.25. The van der Waals surface area contributed by atoms with Crippen LogP contribution in [0.3, 0.4) is 0 Å². The number of aliphatic hydroxyl groups excluding tert-OH is 2. The first-order valence-electron chi connectivity index (χ1n) is 11.8. The topological polar surface area (TPSA) is 58.9 Å². The Bertz CT molecular complexity index is 887. The molecule has 0 bridgehead atoms. The van der Waals surface area contributed by atoms with Crippen LogP contribution in [0.4, 0.5) is 0 Å². The van der Waals surface area contributed by atoms with Crippen LogP contribution in [0.15, 0.2) is 30.3 Å². The molecule has 4 heteroatoms.